The molecule has 0 saturated carbocycles. The van der Waals surface area contributed by atoms with Crippen molar-refractivity contribution in [2.45, 2.75) is 26.4 Å². The van der Waals surface area contributed by atoms with Gasteiger partial charge in [-0.2, -0.15) is 0 Å². The molecular weight excluding hydrogens is 330 g/mol. The van der Waals surface area contributed by atoms with Crippen molar-refractivity contribution in [1.82, 2.24) is 4.57 Å². The number of esters is 1. The number of carbonyl (C=O) groups excluding carboxylic acids is 2. The molecule has 0 fully saturated rings. The van der Waals surface area contributed by atoms with E-state index in [1.807, 2.05) is 50.2 Å². The number of methoxy groups -OCH3 is 1. The largest absolute Gasteiger partial charge is 0.481 e. The Morgan fingerprint density at radius 1 is 1.12 bits per heavy atom. The average Bonchev–Trinajstić information content (AvgIpc) is 3.05. The first kappa shape index (κ1) is 17.7. The lowest BCUT2D eigenvalue weighted by molar-refractivity contribution is 0.0602. The number of nitrogens with zero attached hydrogens (tertiary/aromatic N) is 1. The number of fused-ring (bicyclic) bond motifs is 1. The Bertz CT molecular complexity index is 958. The second-order valence-corrected chi connectivity index (χ2v) is 6.09. The quantitative estimate of drug-likeness (QED) is 0.645. The van der Waals surface area contributed by atoms with Gasteiger partial charge in [0, 0.05) is 11.6 Å². The number of hydrogen-bond acceptors (Lipinski definition) is 4. The molecule has 5 nitrogen and oxygen atoms in total. The molecule has 0 N–H and O–H groups in total. The van der Waals surface area contributed by atoms with Crippen molar-refractivity contribution < 1.29 is 19.1 Å². The summed E-state index contributed by atoms with van der Waals surface area (Å²) in [5.41, 5.74) is 2.08. The lowest BCUT2D eigenvalue weighted by Crippen LogP contribution is -2.31. The van der Waals surface area contributed by atoms with E-state index in [1.165, 1.54) is 17.9 Å². The van der Waals surface area contributed by atoms with Crippen molar-refractivity contribution in [1.29, 1.82) is 0 Å². The van der Waals surface area contributed by atoms with Gasteiger partial charge in [0.15, 0.2) is 6.10 Å². The first-order valence-corrected chi connectivity index (χ1v) is 8.51. The highest BCUT2D eigenvalue weighted by Crippen LogP contribution is 2.24. The van der Waals surface area contributed by atoms with E-state index in [0.29, 0.717) is 28.6 Å². The molecule has 0 radical (unpaired) electrons. The third-order valence-corrected chi connectivity index (χ3v) is 4.27. The summed E-state index contributed by atoms with van der Waals surface area (Å²) in [6.45, 7) is 3.86. The van der Waals surface area contributed by atoms with E-state index in [9.17, 15) is 9.59 Å². The predicted molar refractivity (Wildman–Crippen MR) is 99.8 cm³/mol. The van der Waals surface area contributed by atoms with Crippen LogP contribution in [0, 0.1) is 6.92 Å². The van der Waals surface area contributed by atoms with Crippen LogP contribution >= 0.6 is 0 Å². The van der Waals surface area contributed by atoms with Crippen LogP contribution in [-0.4, -0.2) is 29.7 Å². The van der Waals surface area contributed by atoms with Crippen molar-refractivity contribution in [3.8, 4) is 5.75 Å². The standard InChI is InChI=1S/C21H21NO4/c1-4-19(26-15-9-7-8-14(2)12-15)20(23)22-13-17(21(24)25-3)16-10-5-6-11-18(16)22/h5-13,19H,4H2,1-3H3/t19-/m1/s1. The van der Waals surface area contributed by atoms with Gasteiger partial charge in [-0.1, -0.05) is 37.3 Å². The Labute approximate surface area is 152 Å². The Morgan fingerprint density at radius 3 is 2.58 bits per heavy atom. The third kappa shape index (κ3) is 3.33. The highest BCUT2D eigenvalue weighted by Gasteiger charge is 2.25. The number of hydrogen-bond donors (Lipinski definition) is 0. The molecule has 0 amide bonds. The second kappa shape index (κ2) is 7.44. The van der Waals surface area contributed by atoms with Gasteiger partial charge >= 0.3 is 5.97 Å². The topological polar surface area (TPSA) is 57.5 Å². The number of rotatable bonds is 5. The molecule has 0 spiro atoms. The summed E-state index contributed by atoms with van der Waals surface area (Å²) < 4.78 is 12.2. The summed E-state index contributed by atoms with van der Waals surface area (Å²) in [4.78, 5) is 25.1. The molecule has 1 heterocycles. The minimum absolute atomic E-state index is 0.222. The monoisotopic (exact) mass is 351 g/mol. The van der Waals surface area contributed by atoms with Crippen LogP contribution in [0.1, 0.15) is 34.1 Å². The fourth-order valence-corrected chi connectivity index (χ4v) is 2.95. The fourth-order valence-electron chi connectivity index (χ4n) is 2.95. The van der Waals surface area contributed by atoms with Gasteiger partial charge in [-0.3, -0.25) is 9.36 Å². The summed E-state index contributed by atoms with van der Waals surface area (Å²) in [5, 5.41) is 0.679. The van der Waals surface area contributed by atoms with E-state index >= 15 is 0 Å². The molecule has 0 bridgehead atoms. The van der Waals surface area contributed by atoms with Gasteiger partial charge in [0.25, 0.3) is 5.91 Å². The molecule has 0 saturated heterocycles. The van der Waals surface area contributed by atoms with Crippen LogP contribution in [0.4, 0.5) is 0 Å². The molecule has 5 heteroatoms. The molecule has 1 atom stereocenters. The number of carbonyl (C=O) groups is 2. The zero-order valence-electron chi connectivity index (χ0n) is 15.1. The number of ether oxygens (including phenoxy) is 2. The Morgan fingerprint density at radius 2 is 1.88 bits per heavy atom. The number of para-hydroxylation sites is 1. The highest BCUT2D eigenvalue weighted by molar-refractivity contribution is 6.07. The van der Waals surface area contributed by atoms with Gasteiger partial charge in [-0.25, -0.2) is 4.79 Å². The van der Waals surface area contributed by atoms with Crippen molar-refractivity contribution in [2.24, 2.45) is 0 Å². The minimum atomic E-state index is -0.655. The number of aryl methyl sites for hydroxylation is 1. The molecule has 2 aromatic carbocycles. The lowest BCUT2D eigenvalue weighted by atomic mass is 10.2. The van der Waals surface area contributed by atoms with Crippen LogP contribution in [0.5, 0.6) is 5.75 Å². The van der Waals surface area contributed by atoms with E-state index in [0.717, 1.165) is 5.56 Å². The van der Waals surface area contributed by atoms with Crippen LogP contribution < -0.4 is 4.74 Å². The van der Waals surface area contributed by atoms with Crippen LogP contribution in [-0.2, 0) is 4.74 Å². The Balaban J connectivity index is 1.99. The maximum absolute atomic E-state index is 13.1. The SMILES string of the molecule is CC[C@@H](Oc1cccc(C)c1)C(=O)n1cc(C(=O)OC)c2ccccc21. The fraction of sp³-hybridized carbons (Fsp3) is 0.238. The molecular formula is C21H21NO4. The van der Waals surface area contributed by atoms with Gasteiger partial charge < -0.3 is 9.47 Å². The van der Waals surface area contributed by atoms with Gasteiger partial charge in [-0.05, 0) is 37.1 Å². The van der Waals surface area contributed by atoms with E-state index in [2.05, 4.69) is 0 Å². The molecule has 0 aliphatic rings. The molecule has 0 unspecified atom stereocenters. The smallest absolute Gasteiger partial charge is 0.340 e. The van der Waals surface area contributed by atoms with E-state index in [4.69, 9.17) is 9.47 Å². The van der Waals surface area contributed by atoms with Gasteiger partial charge in [0.05, 0.1) is 18.2 Å². The second-order valence-electron chi connectivity index (χ2n) is 6.09. The van der Waals surface area contributed by atoms with Crippen molar-refractivity contribution in [2.75, 3.05) is 7.11 Å². The van der Waals surface area contributed by atoms with Crippen LogP contribution in [0.3, 0.4) is 0 Å². The molecule has 3 rings (SSSR count). The summed E-state index contributed by atoms with van der Waals surface area (Å²) in [6, 6.07) is 14.8. The van der Waals surface area contributed by atoms with Crippen LogP contribution in [0.2, 0.25) is 0 Å². The maximum atomic E-state index is 13.1. The average molecular weight is 351 g/mol. The number of benzene rings is 2. The summed E-state index contributed by atoms with van der Waals surface area (Å²) >= 11 is 0. The normalized spacial score (nSPS) is 12.0. The van der Waals surface area contributed by atoms with Gasteiger partial charge in [0.1, 0.15) is 5.75 Å². The highest BCUT2D eigenvalue weighted by atomic mass is 16.5. The van der Waals surface area contributed by atoms with E-state index < -0.39 is 12.1 Å². The molecule has 1 aromatic heterocycles. The van der Waals surface area contributed by atoms with Crippen LogP contribution in [0.15, 0.2) is 54.7 Å². The maximum Gasteiger partial charge on any atom is 0.340 e. The van der Waals surface area contributed by atoms with E-state index in [1.54, 1.807) is 12.1 Å². The molecule has 134 valence electrons. The lowest BCUT2D eigenvalue weighted by Gasteiger charge is -2.17. The molecule has 26 heavy (non-hydrogen) atoms. The summed E-state index contributed by atoms with van der Waals surface area (Å²) in [6.07, 6.45) is 1.38. The first-order chi connectivity index (χ1) is 12.5. The molecule has 3 aromatic rings. The van der Waals surface area contributed by atoms with Gasteiger partial charge in [0.2, 0.25) is 0 Å². The Hall–Kier alpha value is -3.08. The van der Waals surface area contributed by atoms with Gasteiger partial charge in [-0.15, -0.1) is 0 Å². The van der Waals surface area contributed by atoms with E-state index in [-0.39, 0.29) is 5.91 Å². The summed E-state index contributed by atoms with van der Waals surface area (Å²) in [5.74, 6) is -0.0457. The van der Waals surface area contributed by atoms with Crippen molar-refractivity contribution >= 4 is 22.8 Å². The summed E-state index contributed by atoms with van der Waals surface area (Å²) in [7, 11) is 1.33. The zero-order valence-corrected chi connectivity index (χ0v) is 15.1. The first-order valence-electron chi connectivity index (χ1n) is 8.51. The Kier molecular flexibility index (Phi) is 5.07. The number of aromatic nitrogens is 1. The molecule has 0 aliphatic carbocycles. The van der Waals surface area contributed by atoms with Crippen molar-refractivity contribution in [3.63, 3.8) is 0 Å². The third-order valence-electron chi connectivity index (χ3n) is 4.27. The minimum Gasteiger partial charge on any atom is -0.481 e. The molecule has 0 aliphatic heterocycles. The predicted octanol–water partition coefficient (Wildman–Crippen LogP) is 4.23. The van der Waals surface area contributed by atoms with Crippen molar-refractivity contribution in [3.05, 3.63) is 65.9 Å². The van der Waals surface area contributed by atoms with Crippen LogP contribution in [0.25, 0.3) is 10.9 Å². The zero-order chi connectivity index (χ0) is 18.7.